The van der Waals surface area contributed by atoms with Crippen LogP contribution in [0.4, 0.5) is 5.82 Å². The van der Waals surface area contributed by atoms with Crippen LogP contribution in [0, 0.1) is 10.1 Å². The molecular weight excluding hydrogens is 246 g/mol. The number of aromatic nitrogens is 2. The molecule has 0 N–H and O–H groups in total. The number of aryl methyl sites for hydroxylation is 3. The van der Waals surface area contributed by atoms with Gasteiger partial charge in [0.2, 0.25) is 6.33 Å². The van der Waals surface area contributed by atoms with Gasteiger partial charge in [0.05, 0.1) is 0 Å². The van der Waals surface area contributed by atoms with E-state index in [1.807, 2.05) is 18.2 Å². The lowest BCUT2D eigenvalue weighted by Crippen LogP contribution is -1.97. The molecule has 0 bridgehead atoms. The smallest absolute Gasteiger partial charge is 0.427 e. The zero-order valence-electron chi connectivity index (χ0n) is 10.5. The van der Waals surface area contributed by atoms with E-state index < -0.39 is 4.92 Å². The average molecular weight is 259 g/mol. The number of ether oxygens (including phenoxy) is 1. The molecule has 1 aromatic carbocycles. The van der Waals surface area contributed by atoms with E-state index in [-0.39, 0.29) is 11.7 Å². The van der Waals surface area contributed by atoms with Gasteiger partial charge >= 0.3 is 11.7 Å². The van der Waals surface area contributed by atoms with E-state index in [9.17, 15) is 10.1 Å². The SMILES string of the molecule is Cn1cnc([N+](=O)[O-])c1Oc1ccc2c(c1)CCC2. The molecule has 19 heavy (non-hydrogen) atoms. The second-order valence-electron chi connectivity index (χ2n) is 4.63. The van der Waals surface area contributed by atoms with E-state index in [1.54, 1.807) is 7.05 Å². The van der Waals surface area contributed by atoms with Crippen molar-refractivity contribution in [2.45, 2.75) is 19.3 Å². The van der Waals surface area contributed by atoms with Gasteiger partial charge in [-0.15, -0.1) is 0 Å². The minimum Gasteiger partial charge on any atom is -0.434 e. The maximum atomic E-state index is 10.9. The molecule has 0 aliphatic heterocycles. The molecular formula is C13H13N3O3. The van der Waals surface area contributed by atoms with Crippen molar-refractivity contribution in [3.05, 3.63) is 45.8 Å². The van der Waals surface area contributed by atoms with E-state index in [1.165, 1.54) is 22.0 Å². The highest BCUT2D eigenvalue weighted by Gasteiger charge is 2.23. The monoisotopic (exact) mass is 259 g/mol. The van der Waals surface area contributed by atoms with Crippen LogP contribution >= 0.6 is 0 Å². The highest BCUT2D eigenvalue weighted by Crippen LogP contribution is 2.32. The largest absolute Gasteiger partial charge is 0.434 e. The van der Waals surface area contributed by atoms with Gasteiger partial charge in [0.15, 0.2) is 0 Å². The molecule has 1 heterocycles. The Morgan fingerprint density at radius 1 is 1.37 bits per heavy atom. The lowest BCUT2D eigenvalue weighted by molar-refractivity contribution is -0.390. The van der Waals surface area contributed by atoms with Crippen LogP contribution in [-0.4, -0.2) is 14.5 Å². The molecule has 98 valence electrons. The number of hydrogen-bond donors (Lipinski definition) is 0. The molecule has 0 atom stereocenters. The predicted molar refractivity (Wildman–Crippen MR) is 68.4 cm³/mol. The van der Waals surface area contributed by atoms with Crippen molar-refractivity contribution in [2.24, 2.45) is 7.05 Å². The molecule has 2 aromatic rings. The van der Waals surface area contributed by atoms with Crippen LogP contribution in [0.5, 0.6) is 11.6 Å². The van der Waals surface area contributed by atoms with Crippen molar-refractivity contribution < 1.29 is 9.66 Å². The summed E-state index contributed by atoms with van der Waals surface area (Å²) in [5, 5.41) is 10.9. The molecule has 0 amide bonds. The minimum absolute atomic E-state index is 0.156. The van der Waals surface area contributed by atoms with Gasteiger partial charge in [0.25, 0.3) is 0 Å². The van der Waals surface area contributed by atoms with Crippen molar-refractivity contribution in [3.63, 3.8) is 0 Å². The fraction of sp³-hybridized carbons (Fsp3) is 0.308. The average Bonchev–Trinajstić information content (AvgIpc) is 2.97. The summed E-state index contributed by atoms with van der Waals surface area (Å²) in [5.41, 5.74) is 2.61. The molecule has 1 aromatic heterocycles. The Kier molecular flexibility index (Phi) is 2.70. The summed E-state index contributed by atoms with van der Waals surface area (Å²) >= 11 is 0. The molecule has 0 fully saturated rings. The van der Waals surface area contributed by atoms with Gasteiger partial charge in [-0.1, -0.05) is 6.07 Å². The fourth-order valence-corrected chi connectivity index (χ4v) is 2.37. The third-order valence-corrected chi connectivity index (χ3v) is 3.32. The number of benzene rings is 1. The van der Waals surface area contributed by atoms with Gasteiger partial charge in [0, 0.05) is 7.05 Å². The molecule has 0 radical (unpaired) electrons. The highest BCUT2D eigenvalue weighted by molar-refractivity contribution is 5.42. The number of fused-ring (bicyclic) bond motifs is 1. The quantitative estimate of drug-likeness (QED) is 0.627. The lowest BCUT2D eigenvalue weighted by Gasteiger charge is -2.07. The van der Waals surface area contributed by atoms with Crippen LogP contribution in [0.25, 0.3) is 0 Å². The molecule has 1 aliphatic rings. The lowest BCUT2D eigenvalue weighted by atomic mass is 10.1. The summed E-state index contributed by atoms with van der Waals surface area (Å²) in [6.45, 7) is 0. The Morgan fingerprint density at radius 2 is 2.16 bits per heavy atom. The summed E-state index contributed by atoms with van der Waals surface area (Å²) in [5.74, 6) is 0.512. The maximum absolute atomic E-state index is 10.9. The number of nitrogens with zero attached hydrogens (tertiary/aromatic N) is 3. The molecule has 6 heteroatoms. The van der Waals surface area contributed by atoms with Crippen LogP contribution < -0.4 is 4.74 Å². The van der Waals surface area contributed by atoms with Crippen molar-refractivity contribution in [1.82, 2.24) is 9.55 Å². The summed E-state index contributed by atoms with van der Waals surface area (Å²) < 4.78 is 7.13. The molecule has 6 nitrogen and oxygen atoms in total. The molecule has 0 saturated heterocycles. The Bertz CT molecular complexity index is 649. The Balaban J connectivity index is 1.93. The first kappa shape index (κ1) is 11.7. The van der Waals surface area contributed by atoms with Crippen molar-refractivity contribution >= 4 is 5.82 Å². The third-order valence-electron chi connectivity index (χ3n) is 3.32. The number of nitro groups is 1. The van der Waals surface area contributed by atoms with Crippen LogP contribution in [0.15, 0.2) is 24.5 Å². The van der Waals surface area contributed by atoms with E-state index in [4.69, 9.17) is 4.74 Å². The number of rotatable bonds is 3. The first-order chi connectivity index (χ1) is 9.15. The van der Waals surface area contributed by atoms with E-state index in [2.05, 4.69) is 4.98 Å². The van der Waals surface area contributed by atoms with Crippen molar-refractivity contribution in [1.29, 1.82) is 0 Å². The molecule has 1 aliphatic carbocycles. The summed E-state index contributed by atoms with van der Waals surface area (Å²) in [6, 6.07) is 5.83. The minimum atomic E-state index is -0.539. The van der Waals surface area contributed by atoms with E-state index in [0.29, 0.717) is 5.75 Å². The fourth-order valence-electron chi connectivity index (χ4n) is 2.37. The summed E-state index contributed by atoms with van der Waals surface area (Å²) in [4.78, 5) is 14.0. The van der Waals surface area contributed by atoms with E-state index >= 15 is 0 Å². The molecule has 0 unspecified atom stereocenters. The van der Waals surface area contributed by atoms with Crippen molar-refractivity contribution in [2.75, 3.05) is 0 Å². The highest BCUT2D eigenvalue weighted by atomic mass is 16.6. The van der Waals surface area contributed by atoms with Crippen LogP contribution in [0.1, 0.15) is 17.5 Å². The predicted octanol–water partition coefficient (Wildman–Crippen LogP) is 2.61. The Morgan fingerprint density at radius 3 is 2.95 bits per heavy atom. The molecule has 0 saturated carbocycles. The third kappa shape index (κ3) is 2.05. The Hall–Kier alpha value is -2.37. The first-order valence-electron chi connectivity index (χ1n) is 6.10. The standard InChI is InChI=1S/C13H13N3O3/c1-15-8-14-12(16(17)18)13(15)19-11-6-5-9-3-2-4-10(9)7-11/h5-8H,2-4H2,1H3. The zero-order chi connectivity index (χ0) is 13.4. The second kappa shape index (κ2) is 4.38. The second-order valence-corrected chi connectivity index (χ2v) is 4.63. The van der Waals surface area contributed by atoms with Gasteiger partial charge in [-0.05, 0) is 52.4 Å². The van der Waals surface area contributed by atoms with Gasteiger partial charge in [0.1, 0.15) is 5.75 Å². The molecule has 3 rings (SSSR count). The van der Waals surface area contributed by atoms with Crippen LogP contribution in [0.3, 0.4) is 0 Å². The number of hydrogen-bond acceptors (Lipinski definition) is 4. The maximum Gasteiger partial charge on any atom is 0.427 e. The zero-order valence-corrected chi connectivity index (χ0v) is 10.5. The first-order valence-corrected chi connectivity index (χ1v) is 6.10. The number of imidazole rings is 1. The van der Waals surface area contributed by atoms with Crippen LogP contribution in [0.2, 0.25) is 0 Å². The van der Waals surface area contributed by atoms with Gasteiger partial charge in [-0.3, -0.25) is 4.57 Å². The van der Waals surface area contributed by atoms with Crippen molar-refractivity contribution in [3.8, 4) is 11.6 Å². The van der Waals surface area contributed by atoms with Crippen LogP contribution in [-0.2, 0) is 19.9 Å². The van der Waals surface area contributed by atoms with Gasteiger partial charge in [-0.2, -0.15) is 0 Å². The van der Waals surface area contributed by atoms with Gasteiger partial charge in [-0.25, -0.2) is 0 Å². The summed E-state index contributed by atoms with van der Waals surface area (Å²) in [6.07, 6.45) is 4.67. The van der Waals surface area contributed by atoms with Gasteiger partial charge < -0.3 is 14.9 Å². The Labute approximate surface area is 109 Å². The topological polar surface area (TPSA) is 70.2 Å². The molecule has 0 spiro atoms. The van der Waals surface area contributed by atoms with E-state index in [0.717, 1.165) is 19.3 Å². The normalized spacial score (nSPS) is 13.3. The summed E-state index contributed by atoms with van der Waals surface area (Å²) in [7, 11) is 1.67.